The number of benzene rings is 1. The highest BCUT2D eigenvalue weighted by Crippen LogP contribution is 2.21. The number of thiocarbonyl (C=S) groups is 1. The van der Waals surface area contributed by atoms with Gasteiger partial charge in [0.1, 0.15) is 0 Å². The zero-order chi connectivity index (χ0) is 15.5. The van der Waals surface area contributed by atoms with Crippen LogP contribution in [0.1, 0.15) is 19.8 Å². The van der Waals surface area contributed by atoms with Gasteiger partial charge in [-0.25, -0.2) is 8.42 Å². The fourth-order valence-corrected chi connectivity index (χ4v) is 4.96. The lowest BCUT2D eigenvalue weighted by Gasteiger charge is -2.30. The van der Waals surface area contributed by atoms with Crippen LogP contribution in [0.3, 0.4) is 0 Å². The first kappa shape index (κ1) is 16.7. The van der Waals surface area contributed by atoms with E-state index in [0.29, 0.717) is 11.5 Å². The van der Waals surface area contributed by atoms with Crippen LogP contribution in [0.15, 0.2) is 28.7 Å². The molecule has 0 unspecified atom stereocenters. The van der Waals surface area contributed by atoms with Crippen LogP contribution in [0.5, 0.6) is 0 Å². The molecule has 0 amide bonds. The molecule has 116 valence electrons. The Morgan fingerprint density at radius 2 is 2.29 bits per heavy atom. The standard InChI is InChI=1S/C14H19BrN2O2S2/c1-2-7-17(13-6-8-21(18,19)10-13)14(20)16-12-5-3-4-11(15)9-12/h3-5,9,13H,2,6-8,10H2,1H3,(H,16,20)/t13-/m0/s1. The average Bonchev–Trinajstić information content (AvgIpc) is 2.76. The van der Waals surface area contributed by atoms with Gasteiger partial charge < -0.3 is 10.2 Å². The molecule has 1 aliphatic rings. The van der Waals surface area contributed by atoms with Gasteiger partial charge in [-0.1, -0.05) is 28.9 Å². The van der Waals surface area contributed by atoms with Gasteiger partial charge >= 0.3 is 0 Å². The third-order valence-corrected chi connectivity index (χ3v) is 6.03. The van der Waals surface area contributed by atoms with E-state index in [2.05, 4.69) is 28.2 Å². The molecule has 1 aromatic rings. The van der Waals surface area contributed by atoms with Crippen LogP contribution in [-0.2, 0) is 9.84 Å². The van der Waals surface area contributed by atoms with Crippen LogP contribution in [0.2, 0.25) is 0 Å². The minimum Gasteiger partial charge on any atom is -0.345 e. The van der Waals surface area contributed by atoms with Crippen LogP contribution in [-0.4, -0.2) is 42.5 Å². The highest BCUT2D eigenvalue weighted by Gasteiger charge is 2.33. The summed E-state index contributed by atoms with van der Waals surface area (Å²) in [4.78, 5) is 2.01. The Kier molecular flexibility index (Phi) is 5.62. The average molecular weight is 391 g/mol. The minimum atomic E-state index is -2.91. The fourth-order valence-electron chi connectivity index (χ4n) is 2.47. The van der Waals surface area contributed by atoms with Gasteiger partial charge in [0.2, 0.25) is 0 Å². The van der Waals surface area contributed by atoms with Crippen molar-refractivity contribution in [2.45, 2.75) is 25.8 Å². The molecule has 0 aromatic heterocycles. The Hall–Kier alpha value is -0.660. The van der Waals surface area contributed by atoms with Gasteiger partial charge in [-0.05, 0) is 43.3 Å². The molecular weight excluding hydrogens is 372 g/mol. The van der Waals surface area contributed by atoms with Gasteiger partial charge in [-0.2, -0.15) is 0 Å². The summed E-state index contributed by atoms with van der Waals surface area (Å²) in [7, 11) is -2.91. The van der Waals surface area contributed by atoms with Crippen molar-refractivity contribution >= 4 is 48.8 Å². The highest BCUT2D eigenvalue weighted by molar-refractivity contribution is 9.10. The highest BCUT2D eigenvalue weighted by atomic mass is 79.9. The van der Waals surface area contributed by atoms with Crippen molar-refractivity contribution < 1.29 is 8.42 Å². The molecule has 21 heavy (non-hydrogen) atoms. The number of hydrogen-bond acceptors (Lipinski definition) is 3. The lowest BCUT2D eigenvalue weighted by molar-refractivity contribution is 0.339. The van der Waals surface area contributed by atoms with E-state index >= 15 is 0 Å². The predicted octanol–water partition coefficient (Wildman–Crippen LogP) is 3.05. The molecule has 0 saturated carbocycles. The summed E-state index contributed by atoms with van der Waals surface area (Å²) in [6, 6.07) is 7.75. The van der Waals surface area contributed by atoms with E-state index in [0.717, 1.165) is 23.1 Å². The van der Waals surface area contributed by atoms with Crippen LogP contribution < -0.4 is 5.32 Å². The Balaban J connectivity index is 2.09. The molecule has 1 aliphatic heterocycles. The maximum absolute atomic E-state index is 11.7. The van der Waals surface area contributed by atoms with Crippen molar-refractivity contribution in [3.63, 3.8) is 0 Å². The normalized spacial score (nSPS) is 20.2. The molecule has 0 aliphatic carbocycles. The summed E-state index contributed by atoms with van der Waals surface area (Å²) in [6.45, 7) is 2.83. The van der Waals surface area contributed by atoms with E-state index in [4.69, 9.17) is 12.2 Å². The molecule has 1 atom stereocenters. The molecule has 1 fully saturated rings. The zero-order valence-corrected chi connectivity index (χ0v) is 15.1. The zero-order valence-electron chi connectivity index (χ0n) is 11.9. The van der Waals surface area contributed by atoms with Gasteiger partial charge in [0.15, 0.2) is 14.9 Å². The summed E-state index contributed by atoms with van der Waals surface area (Å²) >= 11 is 8.91. The lowest BCUT2D eigenvalue weighted by Crippen LogP contribution is -2.43. The first-order chi connectivity index (χ1) is 9.91. The van der Waals surface area contributed by atoms with Gasteiger partial charge in [0.25, 0.3) is 0 Å². The number of hydrogen-bond donors (Lipinski definition) is 1. The molecule has 0 radical (unpaired) electrons. The summed E-state index contributed by atoms with van der Waals surface area (Å²) in [5, 5.41) is 3.80. The maximum Gasteiger partial charge on any atom is 0.173 e. The van der Waals surface area contributed by atoms with Crippen LogP contribution >= 0.6 is 28.1 Å². The number of nitrogens with one attached hydrogen (secondary N) is 1. The third kappa shape index (κ3) is 4.66. The maximum atomic E-state index is 11.7. The monoisotopic (exact) mass is 390 g/mol. The van der Waals surface area contributed by atoms with Crippen molar-refractivity contribution in [3.05, 3.63) is 28.7 Å². The second-order valence-electron chi connectivity index (χ2n) is 5.19. The minimum absolute atomic E-state index is 0.0119. The van der Waals surface area contributed by atoms with Crippen molar-refractivity contribution in [3.8, 4) is 0 Å². The lowest BCUT2D eigenvalue weighted by atomic mass is 10.2. The van der Waals surface area contributed by atoms with Crippen molar-refractivity contribution in [1.29, 1.82) is 0 Å². The molecule has 1 saturated heterocycles. The fraction of sp³-hybridized carbons (Fsp3) is 0.500. The quantitative estimate of drug-likeness (QED) is 0.800. The molecule has 1 aromatic carbocycles. The summed E-state index contributed by atoms with van der Waals surface area (Å²) in [6.07, 6.45) is 1.58. The van der Waals surface area contributed by atoms with E-state index < -0.39 is 9.84 Å². The molecule has 0 bridgehead atoms. The summed E-state index contributed by atoms with van der Waals surface area (Å²) in [5.74, 6) is 0.463. The van der Waals surface area contributed by atoms with Gasteiger partial charge in [-0.15, -0.1) is 0 Å². The third-order valence-electron chi connectivity index (χ3n) is 3.45. The Morgan fingerprint density at radius 3 is 2.86 bits per heavy atom. The van der Waals surface area contributed by atoms with Crippen LogP contribution in [0.4, 0.5) is 5.69 Å². The Morgan fingerprint density at radius 1 is 1.52 bits per heavy atom. The molecule has 7 heteroatoms. The molecular formula is C14H19BrN2O2S2. The van der Waals surface area contributed by atoms with E-state index in [-0.39, 0.29) is 17.5 Å². The Labute approximate surface area is 140 Å². The molecule has 4 nitrogen and oxygen atoms in total. The number of sulfone groups is 1. The number of nitrogens with zero attached hydrogens (tertiary/aromatic N) is 1. The van der Waals surface area contributed by atoms with E-state index in [1.165, 1.54) is 0 Å². The van der Waals surface area contributed by atoms with Crippen LogP contribution in [0, 0.1) is 0 Å². The number of rotatable bonds is 4. The summed E-state index contributed by atoms with van der Waals surface area (Å²) in [5.41, 5.74) is 0.899. The second kappa shape index (κ2) is 7.07. The molecule has 2 rings (SSSR count). The second-order valence-corrected chi connectivity index (χ2v) is 8.72. The topological polar surface area (TPSA) is 49.4 Å². The van der Waals surface area contributed by atoms with Crippen LogP contribution in [0.25, 0.3) is 0 Å². The first-order valence-electron chi connectivity index (χ1n) is 6.95. The van der Waals surface area contributed by atoms with Crippen molar-refractivity contribution in [2.24, 2.45) is 0 Å². The largest absolute Gasteiger partial charge is 0.345 e. The Bertz CT molecular complexity index is 619. The van der Waals surface area contributed by atoms with E-state index in [1.807, 2.05) is 29.2 Å². The molecule has 1 heterocycles. The SMILES string of the molecule is CCCN(C(=S)Nc1cccc(Br)c1)[C@H]1CCS(=O)(=O)C1. The molecule has 1 N–H and O–H groups in total. The smallest absolute Gasteiger partial charge is 0.173 e. The van der Waals surface area contributed by atoms with Gasteiger partial charge in [-0.3, -0.25) is 0 Å². The number of halogens is 1. The number of anilines is 1. The molecule has 0 spiro atoms. The van der Waals surface area contributed by atoms with Crippen molar-refractivity contribution in [2.75, 3.05) is 23.4 Å². The van der Waals surface area contributed by atoms with E-state index in [9.17, 15) is 8.42 Å². The van der Waals surface area contributed by atoms with Gasteiger partial charge in [0.05, 0.1) is 11.5 Å². The summed E-state index contributed by atoms with van der Waals surface area (Å²) < 4.78 is 24.3. The van der Waals surface area contributed by atoms with Crippen molar-refractivity contribution in [1.82, 2.24) is 4.90 Å². The van der Waals surface area contributed by atoms with Gasteiger partial charge in [0, 0.05) is 22.7 Å². The first-order valence-corrected chi connectivity index (χ1v) is 9.97. The predicted molar refractivity (Wildman–Crippen MR) is 94.4 cm³/mol. The van der Waals surface area contributed by atoms with E-state index in [1.54, 1.807) is 0 Å².